The van der Waals surface area contributed by atoms with E-state index in [0.717, 1.165) is 24.3 Å². The lowest BCUT2D eigenvalue weighted by molar-refractivity contribution is -0.146. The Hall–Kier alpha value is -1.55. The van der Waals surface area contributed by atoms with Gasteiger partial charge in [-0.2, -0.15) is 0 Å². The molecule has 1 aromatic rings. The van der Waals surface area contributed by atoms with Crippen molar-refractivity contribution in [2.45, 2.75) is 12.3 Å². The summed E-state index contributed by atoms with van der Waals surface area (Å²) < 4.78 is 10.7. The third-order valence-electron chi connectivity index (χ3n) is 3.60. The molecule has 0 bridgehead atoms. The maximum Gasteiger partial charge on any atom is 0.315 e. The number of esters is 1. The van der Waals surface area contributed by atoms with E-state index >= 15 is 0 Å². The average molecular weight is 247 g/mol. The lowest BCUT2D eigenvalue weighted by Crippen LogP contribution is -2.21. The summed E-state index contributed by atoms with van der Waals surface area (Å²) in [5, 5.41) is 3.23. The van der Waals surface area contributed by atoms with E-state index in [-0.39, 0.29) is 11.9 Å². The molecule has 4 nitrogen and oxygen atoms in total. The predicted molar refractivity (Wildman–Crippen MR) is 67.6 cm³/mol. The van der Waals surface area contributed by atoms with Crippen LogP contribution in [0, 0.1) is 5.92 Å². The Labute approximate surface area is 106 Å². The highest BCUT2D eigenvalue weighted by Crippen LogP contribution is 2.31. The first-order valence-corrected chi connectivity index (χ1v) is 6.42. The van der Waals surface area contributed by atoms with Gasteiger partial charge in [0.15, 0.2) is 0 Å². The maximum atomic E-state index is 12.1. The highest BCUT2D eigenvalue weighted by Gasteiger charge is 2.30. The molecule has 0 radical (unpaired) electrons. The molecule has 1 N–H and O–H groups in total. The number of carbonyl (C=O) groups excluding carboxylic acids is 1. The molecular weight excluding hydrogens is 230 g/mol. The van der Waals surface area contributed by atoms with E-state index in [1.54, 1.807) is 0 Å². The number of para-hydroxylation sites is 1. The minimum absolute atomic E-state index is 0.126. The van der Waals surface area contributed by atoms with Gasteiger partial charge in [0, 0.05) is 24.8 Å². The minimum atomic E-state index is -0.163. The smallest absolute Gasteiger partial charge is 0.315 e. The second-order valence-corrected chi connectivity index (χ2v) is 4.88. The Morgan fingerprint density at radius 2 is 2.33 bits per heavy atom. The number of anilines is 1. The second kappa shape index (κ2) is 4.98. The first-order valence-electron chi connectivity index (χ1n) is 6.42. The lowest BCUT2D eigenvalue weighted by atomic mass is 10.0. The minimum Gasteiger partial charge on any atom is -0.465 e. The van der Waals surface area contributed by atoms with E-state index in [9.17, 15) is 4.79 Å². The summed E-state index contributed by atoms with van der Waals surface area (Å²) in [6.45, 7) is 2.62. The van der Waals surface area contributed by atoms with Gasteiger partial charge < -0.3 is 14.8 Å². The normalized spacial score (nSPS) is 25.6. The quantitative estimate of drug-likeness (QED) is 0.827. The summed E-state index contributed by atoms with van der Waals surface area (Å²) in [6.07, 6.45) is 0.993. The maximum absolute atomic E-state index is 12.1. The molecule has 0 aromatic heterocycles. The number of fused-ring (bicyclic) bond motifs is 1. The highest BCUT2D eigenvalue weighted by molar-refractivity contribution is 5.83. The van der Waals surface area contributed by atoms with Crippen molar-refractivity contribution in [3.63, 3.8) is 0 Å². The third-order valence-corrected chi connectivity index (χ3v) is 3.60. The molecule has 0 saturated carbocycles. The first-order chi connectivity index (χ1) is 8.84. The number of ether oxygens (including phenoxy) is 2. The third kappa shape index (κ3) is 2.20. The number of hydrogen-bond acceptors (Lipinski definition) is 4. The molecule has 3 rings (SSSR count). The van der Waals surface area contributed by atoms with E-state index in [0.29, 0.717) is 25.7 Å². The molecule has 2 heterocycles. The van der Waals surface area contributed by atoms with Crippen molar-refractivity contribution in [2.75, 3.05) is 31.7 Å². The number of hydrogen-bond donors (Lipinski definition) is 1. The monoisotopic (exact) mass is 247 g/mol. The molecule has 1 aromatic carbocycles. The molecule has 0 aliphatic carbocycles. The van der Waals surface area contributed by atoms with Crippen LogP contribution >= 0.6 is 0 Å². The van der Waals surface area contributed by atoms with Crippen molar-refractivity contribution in [2.24, 2.45) is 5.92 Å². The van der Waals surface area contributed by atoms with Gasteiger partial charge in [-0.25, -0.2) is 0 Å². The van der Waals surface area contributed by atoms with Gasteiger partial charge in [0.1, 0.15) is 5.92 Å². The summed E-state index contributed by atoms with van der Waals surface area (Å²) >= 11 is 0. The molecule has 2 aliphatic heterocycles. The Morgan fingerprint density at radius 1 is 1.44 bits per heavy atom. The number of carbonyl (C=O) groups is 1. The molecule has 0 amide bonds. The molecule has 0 spiro atoms. The second-order valence-electron chi connectivity index (χ2n) is 4.88. The fourth-order valence-electron chi connectivity index (χ4n) is 2.51. The predicted octanol–water partition coefficient (Wildman–Crippen LogP) is 1.78. The Bertz CT molecular complexity index is 440. The van der Waals surface area contributed by atoms with Crippen LogP contribution in [0.25, 0.3) is 0 Å². The van der Waals surface area contributed by atoms with Crippen LogP contribution in [0.15, 0.2) is 24.3 Å². The van der Waals surface area contributed by atoms with Crippen molar-refractivity contribution in [1.82, 2.24) is 0 Å². The molecule has 96 valence electrons. The molecule has 2 atom stereocenters. The van der Waals surface area contributed by atoms with Gasteiger partial charge in [-0.15, -0.1) is 0 Å². The zero-order valence-corrected chi connectivity index (χ0v) is 10.2. The van der Waals surface area contributed by atoms with Crippen molar-refractivity contribution in [3.8, 4) is 0 Å². The summed E-state index contributed by atoms with van der Waals surface area (Å²) in [5.41, 5.74) is 2.09. The Kier molecular flexibility index (Phi) is 3.19. The molecule has 18 heavy (non-hydrogen) atoms. The molecule has 4 heteroatoms. The zero-order chi connectivity index (χ0) is 12.4. The fraction of sp³-hybridized carbons (Fsp3) is 0.500. The SMILES string of the molecule is O=C(OCC1CCOC1)C1CNc2ccccc21. The van der Waals surface area contributed by atoms with Crippen LogP contribution in [0.3, 0.4) is 0 Å². The highest BCUT2D eigenvalue weighted by atomic mass is 16.5. The average Bonchev–Trinajstić information content (AvgIpc) is 3.05. The van der Waals surface area contributed by atoms with Crippen LogP contribution < -0.4 is 5.32 Å². The summed E-state index contributed by atoms with van der Waals surface area (Å²) in [5.74, 6) is 0.0847. The summed E-state index contributed by atoms with van der Waals surface area (Å²) in [7, 11) is 0. The molecule has 1 saturated heterocycles. The molecular formula is C14H17NO3. The van der Waals surface area contributed by atoms with Gasteiger partial charge >= 0.3 is 5.97 Å². The fourth-order valence-corrected chi connectivity index (χ4v) is 2.51. The lowest BCUT2D eigenvalue weighted by Gasteiger charge is -2.13. The molecule has 2 aliphatic rings. The van der Waals surface area contributed by atoms with E-state index in [2.05, 4.69) is 5.32 Å². The van der Waals surface area contributed by atoms with Crippen LogP contribution in [0.2, 0.25) is 0 Å². The Morgan fingerprint density at radius 3 is 3.17 bits per heavy atom. The molecule has 1 fully saturated rings. The van der Waals surface area contributed by atoms with Gasteiger partial charge in [-0.05, 0) is 18.1 Å². The van der Waals surface area contributed by atoms with Crippen molar-refractivity contribution < 1.29 is 14.3 Å². The van der Waals surface area contributed by atoms with Gasteiger partial charge in [-0.1, -0.05) is 18.2 Å². The zero-order valence-electron chi connectivity index (χ0n) is 10.2. The largest absolute Gasteiger partial charge is 0.465 e. The van der Waals surface area contributed by atoms with Gasteiger partial charge in [0.25, 0.3) is 0 Å². The van der Waals surface area contributed by atoms with Crippen LogP contribution in [0.1, 0.15) is 17.9 Å². The van der Waals surface area contributed by atoms with E-state index < -0.39 is 0 Å². The molecule has 2 unspecified atom stereocenters. The van der Waals surface area contributed by atoms with Gasteiger partial charge in [-0.3, -0.25) is 4.79 Å². The van der Waals surface area contributed by atoms with Gasteiger partial charge in [0.2, 0.25) is 0 Å². The van der Waals surface area contributed by atoms with Crippen LogP contribution in [0.5, 0.6) is 0 Å². The van der Waals surface area contributed by atoms with E-state index in [4.69, 9.17) is 9.47 Å². The Balaban J connectivity index is 1.60. The van der Waals surface area contributed by atoms with Crippen LogP contribution in [0.4, 0.5) is 5.69 Å². The van der Waals surface area contributed by atoms with Crippen molar-refractivity contribution in [1.29, 1.82) is 0 Å². The number of rotatable bonds is 3. The van der Waals surface area contributed by atoms with Crippen molar-refractivity contribution >= 4 is 11.7 Å². The summed E-state index contributed by atoms with van der Waals surface area (Å²) in [4.78, 5) is 12.1. The first kappa shape index (κ1) is 11.5. The van der Waals surface area contributed by atoms with Crippen LogP contribution in [-0.2, 0) is 14.3 Å². The summed E-state index contributed by atoms with van der Waals surface area (Å²) in [6, 6.07) is 7.90. The van der Waals surface area contributed by atoms with E-state index in [1.165, 1.54) is 0 Å². The van der Waals surface area contributed by atoms with Crippen molar-refractivity contribution in [3.05, 3.63) is 29.8 Å². The number of benzene rings is 1. The van der Waals surface area contributed by atoms with E-state index in [1.807, 2.05) is 24.3 Å². The van der Waals surface area contributed by atoms with Gasteiger partial charge in [0.05, 0.1) is 13.2 Å². The number of nitrogens with one attached hydrogen (secondary N) is 1. The standard InChI is InChI=1S/C14H17NO3/c16-14(18-9-10-5-6-17-8-10)12-7-15-13-4-2-1-3-11(12)13/h1-4,10,12,15H,5-9H2. The topological polar surface area (TPSA) is 47.6 Å². The van der Waals surface area contributed by atoms with Crippen LogP contribution in [-0.4, -0.2) is 32.3 Å².